The Balaban J connectivity index is 1.92. The average molecular weight is 477 g/mol. The highest BCUT2D eigenvalue weighted by Gasteiger charge is 2.28. The maximum Gasteiger partial charge on any atom is 0.264 e. The van der Waals surface area contributed by atoms with Crippen LogP contribution in [0.2, 0.25) is 10.0 Å². The first-order valence-corrected chi connectivity index (χ1v) is 11.8. The van der Waals surface area contributed by atoms with Crippen molar-refractivity contribution in [2.24, 2.45) is 0 Å². The summed E-state index contributed by atoms with van der Waals surface area (Å²) >= 11 is 12.3. The van der Waals surface area contributed by atoms with Crippen LogP contribution in [0.1, 0.15) is 25.3 Å². The van der Waals surface area contributed by atoms with Crippen LogP contribution in [-0.4, -0.2) is 20.9 Å². The standard InChI is InChI=1S/C23H22Cl2N2O3S/c1-16(2)17-8-11-19(12-9-17)26-23(28)15-27(22-13-10-18(24)14-21(22)25)31(29,30)20-6-4-3-5-7-20/h3-14,16H,15H2,1-2H3,(H,26,28). The lowest BCUT2D eigenvalue weighted by Crippen LogP contribution is -2.38. The molecule has 0 atom stereocenters. The van der Waals surface area contributed by atoms with Crippen molar-refractivity contribution in [2.45, 2.75) is 24.7 Å². The fraction of sp³-hybridized carbons (Fsp3) is 0.174. The Bertz CT molecular complexity index is 1170. The number of carbonyl (C=O) groups excluding carboxylic acids is 1. The molecule has 0 unspecified atom stereocenters. The second-order valence-electron chi connectivity index (χ2n) is 7.25. The maximum atomic E-state index is 13.3. The second kappa shape index (κ2) is 9.73. The number of hydrogen-bond acceptors (Lipinski definition) is 3. The SMILES string of the molecule is CC(C)c1ccc(NC(=O)CN(c2ccc(Cl)cc2Cl)S(=O)(=O)c2ccccc2)cc1. The summed E-state index contributed by atoms with van der Waals surface area (Å²) < 4.78 is 27.6. The van der Waals surface area contributed by atoms with E-state index in [0.29, 0.717) is 16.6 Å². The first-order chi connectivity index (χ1) is 14.7. The third-order valence-corrected chi connectivity index (χ3v) is 6.97. The zero-order chi connectivity index (χ0) is 22.6. The second-order valence-corrected chi connectivity index (χ2v) is 9.95. The first-order valence-electron chi connectivity index (χ1n) is 9.61. The highest BCUT2D eigenvalue weighted by Crippen LogP contribution is 2.32. The van der Waals surface area contributed by atoms with Gasteiger partial charge in [-0.3, -0.25) is 9.10 Å². The van der Waals surface area contributed by atoms with Crippen LogP contribution in [0.4, 0.5) is 11.4 Å². The van der Waals surface area contributed by atoms with Crippen molar-refractivity contribution < 1.29 is 13.2 Å². The van der Waals surface area contributed by atoms with E-state index in [1.807, 2.05) is 12.1 Å². The summed E-state index contributed by atoms with van der Waals surface area (Å²) in [7, 11) is -4.05. The van der Waals surface area contributed by atoms with Gasteiger partial charge in [0.15, 0.2) is 0 Å². The number of carbonyl (C=O) groups is 1. The Morgan fingerprint density at radius 1 is 0.968 bits per heavy atom. The highest BCUT2D eigenvalue weighted by atomic mass is 35.5. The van der Waals surface area contributed by atoms with E-state index in [-0.39, 0.29) is 15.6 Å². The van der Waals surface area contributed by atoms with Gasteiger partial charge in [0.2, 0.25) is 5.91 Å². The number of sulfonamides is 1. The molecule has 0 bridgehead atoms. The fourth-order valence-corrected chi connectivity index (χ4v) is 5.01. The molecule has 5 nitrogen and oxygen atoms in total. The van der Waals surface area contributed by atoms with E-state index in [1.54, 1.807) is 30.3 Å². The molecule has 3 rings (SSSR count). The molecule has 31 heavy (non-hydrogen) atoms. The monoisotopic (exact) mass is 476 g/mol. The molecule has 0 spiro atoms. The van der Waals surface area contributed by atoms with E-state index >= 15 is 0 Å². The molecular weight excluding hydrogens is 455 g/mol. The van der Waals surface area contributed by atoms with Crippen molar-refractivity contribution in [1.29, 1.82) is 0 Å². The van der Waals surface area contributed by atoms with Crippen LogP contribution in [0.15, 0.2) is 77.7 Å². The molecule has 0 aliphatic carbocycles. The van der Waals surface area contributed by atoms with E-state index in [2.05, 4.69) is 19.2 Å². The summed E-state index contributed by atoms with van der Waals surface area (Å²) in [5.74, 6) is -0.133. The summed E-state index contributed by atoms with van der Waals surface area (Å²) in [5.41, 5.74) is 1.88. The van der Waals surface area contributed by atoms with Crippen molar-refractivity contribution in [3.63, 3.8) is 0 Å². The summed E-state index contributed by atoms with van der Waals surface area (Å²) in [6.45, 7) is 3.70. The van der Waals surface area contributed by atoms with Crippen LogP contribution < -0.4 is 9.62 Å². The minimum atomic E-state index is -4.05. The molecule has 0 saturated heterocycles. The molecule has 3 aromatic rings. The fourth-order valence-electron chi connectivity index (χ4n) is 2.99. The van der Waals surface area contributed by atoms with Gasteiger partial charge in [0.1, 0.15) is 6.54 Å². The Hall–Kier alpha value is -2.54. The number of amides is 1. The number of benzene rings is 3. The molecule has 1 amide bonds. The molecule has 8 heteroatoms. The first kappa shape index (κ1) is 23.1. The van der Waals surface area contributed by atoms with Gasteiger partial charge in [0.05, 0.1) is 15.6 Å². The Morgan fingerprint density at radius 2 is 1.61 bits per heavy atom. The predicted octanol–water partition coefficient (Wildman–Crippen LogP) is 5.95. The lowest BCUT2D eigenvalue weighted by Gasteiger charge is -2.25. The van der Waals surface area contributed by atoms with Gasteiger partial charge in [-0.1, -0.05) is 67.4 Å². The van der Waals surface area contributed by atoms with E-state index < -0.39 is 22.5 Å². The smallest absolute Gasteiger partial charge is 0.264 e. The van der Waals surface area contributed by atoms with E-state index in [0.717, 1.165) is 9.87 Å². The zero-order valence-corrected chi connectivity index (χ0v) is 19.4. The van der Waals surface area contributed by atoms with Crippen molar-refractivity contribution in [1.82, 2.24) is 0 Å². The molecule has 1 N–H and O–H groups in total. The number of rotatable bonds is 7. The molecule has 0 radical (unpaired) electrons. The minimum Gasteiger partial charge on any atom is -0.325 e. The molecule has 0 aliphatic rings. The summed E-state index contributed by atoms with van der Waals surface area (Å²) in [4.78, 5) is 12.8. The van der Waals surface area contributed by atoms with Crippen molar-refractivity contribution in [2.75, 3.05) is 16.2 Å². The Kier molecular flexibility index (Phi) is 7.26. The average Bonchev–Trinajstić information content (AvgIpc) is 2.73. The summed E-state index contributed by atoms with van der Waals surface area (Å²) in [5, 5.41) is 3.24. The lowest BCUT2D eigenvalue weighted by molar-refractivity contribution is -0.114. The molecule has 0 heterocycles. The molecule has 0 fully saturated rings. The van der Waals surface area contributed by atoms with Crippen LogP contribution in [0, 0.1) is 0 Å². The van der Waals surface area contributed by atoms with Crippen LogP contribution in [0.5, 0.6) is 0 Å². The van der Waals surface area contributed by atoms with Gasteiger partial charge < -0.3 is 5.32 Å². The van der Waals surface area contributed by atoms with E-state index in [9.17, 15) is 13.2 Å². The Morgan fingerprint density at radius 3 is 2.19 bits per heavy atom. The van der Waals surface area contributed by atoms with Gasteiger partial charge >= 0.3 is 0 Å². The van der Waals surface area contributed by atoms with Gasteiger partial charge in [0.25, 0.3) is 10.0 Å². The van der Waals surface area contributed by atoms with Gasteiger partial charge in [0, 0.05) is 10.7 Å². The number of hydrogen-bond donors (Lipinski definition) is 1. The van der Waals surface area contributed by atoms with Crippen LogP contribution in [-0.2, 0) is 14.8 Å². The van der Waals surface area contributed by atoms with Crippen LogP contribution in [0.25, 0.3) is 0 Å². The number of halogens is 2. The number of nitrogens with zero attached hydrogens (tertiary/aromatic N) is 1. The molecule has 0 aromatic heterocycles. The zero-order valence-electron chi connectivity index (χ0n) is 17.0. The van der Waals surface area contributed by atoms with Gasteiger partial charge in [-0.2, -0.15) is 0 Å². The van der Waals surface area contributed by atoms with Crippen LogP contribution >= 0.6 is 23.2 Å². The van der Waals surface area contributed by atoms with Gasteiger partial charge in [-0.05, 0) is 53.9 Å². The maximum absolute atomic E-state index is 13.3. The normalized spacial score (nSPS) is 11.4. The third-order valence-electron chi connectivity index (χ3n) is 4.66. The highest BCUT2D eigenvalue weighted by molar-refractivity contribution is 7.92. The van der Waals surface area contributed by atoms with Gasteiger partial charge in [-0.15, -0.1) is 0 Å². The lowest BCUT2D eigenvalue weighted by atomic mass is 10.0. The van der Waals surface area contributed by atoms with Crippen molar-refractivity contribution >= 4 is 50.5 Å². The largest absolute Gasteiger partial charge is 0.325 e. The predicted molar refractivity (Wildman–Crippen MR) is 127 cm³/mol. The van der Waals surface area contributed by atoms with E-state index in [4.69, 9.17) is 23.2 Å². The van der Waals surface area contributed by atoms with Crippen LogP contribution in [0.3, 0.4) is 0 Å². The number of nitrogens with one attached hydrogen (secondary N) is 1. The van der Waals surface area contributed by atoms with Gasteiger partial charge in [-0.25, -0.2) is 8.42 Å². The molecule has 0 aliphatic heterocycles. The minimum absolute atomic E-state index is 0.0510. The molecule has 162 valence electrons. The number of anilines is 2. The topological polar surface area (TPSA) is 66.5 Å². The van der Waals surface area contributed by atoms with Crippen molar-refractivity contribution in [3.05, 3.63) is 88.4 Å². The summed E-state index contributed by atoms with van der Waals surface area (Å²) in [6.07, 6.45) is 0. The van der Waals surface area contributed by atoms with Crippen molar-refractivity contribution in [3.8, 4) is 0 Å². The Labute approximate surface area is 192 Å². The third kappa shape index (κ3) is 5.58. The quantitative estimate of drug-likeness (QED) is 0.457. The molecular formula is C23H22Cl2N2O3S. The molecule has 3 aromatic carbocycles. The molecule has 0 saturated carbocycles. The summed E-state index contributed by atoms with van der Waals surface area (Å²) in [6, 6.07) is 19.8. The van der Waals surface area contributed by atoms with E-state index in [1.165, 1.54) is 30.3 Å².